The summed E-state index contributed by atoms with van der Waals surface area (Å²) in [5.74, 6) is 0.688. The Hall–Kier alpha value is -3.72. The van der Waals surface area contributed by atoms with Crippen LogP contribution < -0.4 is 4.90 Å². The van der Waals surface area contributed by atoms with Gasteiger partial charge in [0.15, 0.2) is 0 Å². The van der Waals surface area contributed by atoms with Crippen molar-refractivity contribution in [2.75, 3.05) is 11.9 Å². The van der Waals surface area contributed by atoms with Crippen molar-refractivity contribution in [3.63, 3.8) is 0 Å². The van der Waals surface area contributed by atoms with Crippen molar-refractivity contribution in [2.24, 2.45) is 0 Å². The molecule has 0 saturated heterocycles. The molecule has 1 aliphatic carbocycles. The molecule has 0 unspecified atom stereocenters. The highest BCUT2D eigenvalue weighted by Gasteiger charge is 2.25. The van der Waals surface area contributed by atoms with Gasteiger partial charge in [-0.1, -0.05) is 23.7 Å². The van der Waals surface area contributed by atoms with Gasteiger partial charge in [0.2, 0.25) is 5.82 Å². The summed E-state index contributed by atoms with van der Waals surface area (Å²) in [6.07, 6.45) is 3.20. The molecule has 170 valence electrons. The highest BCUT2D eigenvalue weighted by molar-refractivity contribution is 6.31. The maximum absolute atomic E-state index is 13.6. The van der Waals surface area contributed by atoms with Gasteiger partial charge in [-0.05, 0) is 43.2 Å². The van der Waals surface area contributed by atoms with Crippen LogP contribution in [-0.2, 0) is 0 Å². The third-order valence-electron chi connectivity index (χ3n) is 6.03. The van der Waals surface area contributed by atoms with Crippen LogP contribution in [0.25, 0.3) is 27.9 Å². The Morgan fingerprint density at radius 2 is 1.91 bits per heavy atom. The predicted octanol–water partition coefficient (Wildman–Crippen LogP) is 5.97. The molecule has 7 nitrogen and oxygen atoms in total. The van der Waals surface area contributed by atoms with Crippen LogP contribution in [0.15, 0.2) is 54.9 Å². The first-order chi connectivity index (χ1) is 16.5. The van der Waals surface area contributed by atoms with E-state index in [1.54, 1.807) is 24.4 Å². The van der Waals surface area contributed by atoms with E-state index >= 15 is 0 Å². The predicted molar refractivity (Wildman–Crippen MR) is 126 cm³/mol. The molecule has 0 aliphatic heterocycles. The van der Waals surface area contributed by atoms with Gasteiger partial charge in [-0.2, -0.15) is 4.98 Å². The van der Waals surface area contributed by atoms with Gasteiger partial charge in [0, 0.05) is 40.8 Å². The Bertz CT molecular complexity index is 1530. The molecule has 6 rings (SSSR count). The third kappa shape index (κ3) is 3.52. The molecule has 3 heterocycles. The van der Waals surface area contributed by atoms with Crippen LogP contribution in [0, 0.1) is 0 Å². The van der Waals surface area contributed by atoms with Crippen LogP contribution in [0.1, 0.15) is 36.7 Å². The van der Waals surface area contributed by atoms with Gasteiger partial charge in [0.05, 0.1) is 23.1 Å². The number of alkyl halides is 2. The smallest absolute Gasteiger partial charge is 0.297 e. The van der Waals surface area contributed by atoms with Gasteiger partial charge < -0.3 is 4.90 Å². The highest BCUT2D eigenvalue weighted by atomic mass is 35.5. The van der Waals surface area contributed by atoms with Crippen molar-refractivity contribution in [3.05, 3.63) is 71.4 Å². The van der Waals surface area contributed by atoms with Gasteiger partial charge in [-0.3, -0.25) is 14.4 Å². The van der Waals surface area contributed by atoms with Crippen molar-refractivity contribution in [1.82, 2.24) is 29.5 Å². The molecule has 0 atom stereocenters. The van der Waals surface area contributed by atoms with E-state index in [1.807, 2.05) is 42.4 Å². The molecule has 0 amide bonds. The Morgan fingerprint density at radius 3 is 2.65 bits per heavy atom. The monoisotopic (exact) mass is 477 g/mol. The van der Waals surface area contributed by atoms with E-state index in [0.717, 1.165) is 22.6 Å². The molecule has 1 saturated carbocycles. The summed E-state index contributed by atoms with van der Waals surface area (Å²) in [5.41, 5.74) is 4.02. The van der Waals surface area contributed by atoms with E-state index in [1.165, 1.54) is 17.2 Å². The molecular weight excluding hydrogens is 460 g/mol. The molecular formula is C24H18ClF2N7. The minimum Gasteiger partial charge on any atom is -0.329 e. The van der Waals surface area contributed by atoms with Crippen LogP contribution in [0.3, 0.4) is 0 Å². The van der Waals surface area contributed by atoms with Crippen LogP contribution in [0.2, 0.25) is 5.02 Å². The lowest BCUT2D eigenvalue weighted by Gasteiger charge is -2.21. The Labute approximate surface area is 198 Å². The molecule has 1 fully saturated rings. The molecule has 1 aliphatic rings. The molecule has 34 heavy (non-hydrogen) atoms. The molecule has 0 N–H and O–H groups in total. The molecule has 0 bridgehead atoms. The fraction of sp³-hybridized carbons (Fsp3) is 0.208. The summed E-state index contributed by atoms with van der Waals surface area (Å²) in [4.78, 5) is 15.6. The normalized spacial score (nSPS) is 13.8. The minimum absolute atomic E-state index is 0.0737. The lowest BCUT2D eigenvalue weighted by atomic mass is 10.1. The second kappa shape index (κ2) is 7.95. The van der Waals surface area contributed by atoms with Crippen molar-refractivity contribution in [3.8, 4) is 11.3 Å². The van der Waals surface area contributed by atoms with E-state index in [2.05, 4.69) is 25.1 Å². The van der Waals surface area contributed by atoms with E-state index in [4.69, 9.17) is 11.6 Å². The maximum Gasteiger partial charge on any atom is 0.297 e. The third-order valence-corrected chi connectivity index (χ3v) is 6.26. The Balaban J connectivity index is 1.45. The number of benzene rings is 2. The van der Waals surface area contributed by atoms with E-state index in [9.17, 15) is 8.78 Å². The first-order valence-electron chi connectivity index (χ1n) is 10.8. The Kier molecular flexibility index (Phi) is 4.88. The van der Waals surface area contributed by atoms with Crippen molar-refractivity contribution >= 4 is 39.8 Å². The van der Waals surface area contributed by atoms with Crippen LogP contribution in [0.5, 0.6) is 0 Å². The fourth-order valence-electron chi connectivity index (χ4n) is 4.10. The van der Waals surface area contributed by atoms with Crippen LogP contribution in [0.4, 0.5) is 20.3 Å². The van der Waals surface area contributed by atoms with Crippen LogP contribution >= 0.6 is 11.6 Å². The second-order valence-electron chi connectivity index (χ2n) is 8.30. The van der Waals surface area contributed by atoms with E-state index in [-0.39, 0.29) is 5.78 Å². The zero-order chi connectivity index (χ0) is 23.4. The number of rotatable bonds is 5. The maximum atomic E-state index is 13.6. The summed E-state index contributed by atoms with van der Waals surface area (Å²) in [5, 5.41) is 8.59. The number of hydrogen-bond donors (Lipinski definition) is 0. The average molecular weight is 478 g/mol. The molecule has 10 heteroatoms. The van der Waals surface area contributed by atoms with Crippen molar-refractivity contribution in [2.45, 2.75) is 25.2 Å². The van der Waals surface area contributed by atoms with Gasteiger partial charge in [0.1, 0.15) is 5.82 Å². The minimum atomic E-state index is -2.80. The average Bonchev–Trinajstić information content (AvgIpc) is 3.61. The van der Waals surface area contributed by atoms with Crippen LogP contribution in [-0.4, -0.2) is 36.6 Å². The van der Waals surface area contributed by atoms with Crippen molar-refractivity contribution < 1.29 is 8.78 Å². The quantitative estimate of drug-likeness (QED) is 0.310. The summed E-state index contributed by atoms with van der Waals surface area (Å²) in [7, 11) is 1.86. The highest BCUT2D eigenvalue weighted by Crippen LogP contribution is 2.39. The summed E-state index contributed by atoms with van der Waals surface area (Å²) >= 11 is 6.20. The number of aromatic nitrogens is 6. The van der Waals surface area contributed by atoms with Crippen molar-refractivity contribution in [1.29, 1.82) is 0 Å². The van der Waals surface area contributed by atoms with Gasteiger partial charge >= 0.3 is 0 Å². The van der Waals surface area contributed by atoms with E-state index < -0.39 is 12.2 Å². The topological polar surface area (TPSA) is 72.1 Å². The number of fused-ring (bicyclic) bond motifs is 3. The zero-order valence-corrected chi connectivity index (χ0v) is 18.8. The zero-order valence-electron chi connectivity index (χ0n) is 18.0. The Morgan fingerprint density at radius 1 is 1.06 bits per heavy atom. The standard InChI is InChI=1S/C24H18ClF2N7/c1-33(16-4-2-3-14(9-16)19-12-28-18(11-29-19)13-5-6-13)22-17-8-7-15(25)10-20(17)34-23(21(26)27)31-32-24(34)30-22/h2-4,7-13,21H,5-6H2,1H3. The number of hydrogen-bond acceptors (Lipinski definition) is 6. The summed E-state index contributed by atoms with van der Waals surface area (Å²) < 4.78 is 28.4. The molecule has 0 spiro atoms. The SMILES string of the molecule is CN(c1cccc(-c2cnc(C3CC3)cn2)c1)c1nc2nnc(C(F)F)n2c2cc(Cl)ccc12. The lowest BCUT2D eigenvalue weighted by molar-refractivity contribution is 0.139. The van der Waals surface area contributed by atoms with Gasteiger partial charge in [-0.25, -0.2) is 8.78 Å². The fourth-order valence-corrected chi connectivity index (χ4v) is 4.26. The second-order valence-corrected chi connectivity index (χ2v) is 8.74. The number of anilines is 2. The van der Waals surface area contributed by atoms with E-state index in [0.29, 0.717) is 27.7 Å². The molecule has 2 aromatic carbocycles. The number of halogens is 3. The summed E-state index contributed by atoms with van der Waals surface area (Å²) in [6, 6.07) is 12.9. The lowest BCUT2D eigenvalue weighted by Crippen LogP contribution is -2.13. The molecule has 0 radical (unpaired) electrons. The number of nitrogens with zero attached hydrogens (tertiary/aromatic N) is 7. The first-order valence-corrected chi connectivity index (χ1v) is 11.2. The van der Waals surface area contributed by atoms with Gasteiger partial charge in [0.25, 0.3) is 12.2 Å². The molecule has 3 aromatic heterocycles. The van der Waals surface area contributed by atoms with Gasteiger partial charge in [-0.15, -0.1) is 10.2 Å². The largest absolute Gasteiger partial charge is 0.329 e. The molecule has 5 aromatic rings. The summed E-state index contributed by atoms with van der Waals surface area (Å²) in [6.45, 7) is 0. The first kappa shape index (κ1) is 20.9.